The predicted octanol–water partition coefficient (Wildman–Crippen LogP) is 2.11. The van der Waals surface area contributed by atoms with Gasteiger partial charge in [0.25, 0.3) is 0 Å². The first-order valence-corrected chi connectivity index (χ1v) is 5.45. The minimum absolute atomic E-state index is 0.503. The summed E-state index contributed by atoms with van der Waals surface area (Å²) in [4.78, 5) is 0. The molecule has 0 aliphatic heterocycles. The van der Waals surface area contributed by atoms with Crippen LogP contribution in [0.25, 0.3) is 0 Å². The van der Waals surface area contributed by atoms with Crippen molar-refractivity contribution in [3.63, 3.8) is 0 Å². The molecule has 84 valence electrons. The third-order valence-electron chi connectivity index (χ3n) is 2.78. The van der Waals surface area contributed by atoms with Crippen LogP contribution in [0.1, 0.15) is 25.8 Å². The number of hydrogen-bond acceptors (Lipinski definition) is 2. The number of nitrogens with one attached hydrogen (secondary N) is 1. The van der Waals surface area contributed by atoms with Gasteiger partial charge < -0.3 is 5.32 Å². The Morgan fingerprint density at radius 1 is 1.60 bits per heavy atom. The van der Waals surface area contributed by atoms with E-state index in [1.165, 1.54) is 5.56 Å². The number of aromatic nitrogens is 2. The zero-order valence-electron chi connectivity index (χ0n) is 9.90. The summed E-state index contributed by atoms with van der Waals surface area (Å²) in [5, 5.41) is 7.63. The maximum absolute atomic E-state index is 4.14. The highest BCUT2D eigenvalue weighted by Gasteiger charge is 2.09. The van der Waals surface area contributed by atoms with Crippen LogP contribution in [0.2, 0.25) is 0 Å². The highest BCUT2D eigenvalue weighted by molar-refractivity contribution is 5.03. The first-order chi connectivity index (χ1) is 7.13. The van der Waals surface area contributed by atoms with E-state index < -0.39 is 0 Å². The second kappa shape index (κ2) is 5.71. The maximum Gasteiger partial charge on any atom is 0.0534 e. The first-order valence-electron chi connectivity index (χ1n) is 5.45. The van der Waals surface area contributed by atoms with E-state index in [9.17, 15) is 0 Å². The Morgan fingerprint density at radius 2 is 2.33 bits per heavy atom. The third-order valence-corrected chi connectivity index (χ3v) is 2.78. The minimum Gasteiger partial charge on any atom is -0.310 e. The minimum atomic E-state index is 0.503. The smallest absolute Gasteiger partial charge is 0.0534 e. The van der Waals surface area contributed by atoms with Crippen molar-refractivity contribution in [2.24, 2.45) is 13.0 Å². The number of aryl methyl sites for hydroxylation is 1. The molecule has 3 heteroatoms. The molecule has 0 spiro atoms. The number of rotatable bonds is 6. The Morgan fingerprint density at radius 3 is 2.87 bits per heavy atom. The molecule has 2 unspecified atom stereocenters. The largest absolute Gasteiger partial charge is 0.310 e. The Kier molecular flexibility index (Phi) is 4.56. The van der Waals surface area contributed by atoms with Crippen LogP contribution in [-0.2, 0) is 13.6 Å². The maximum atomic E-state index is 4.14. The van der Waals surface area contributed by atoms with Crippen LogP contribution in [0.4, 0.5) is 0 Å². The van der Waals surface area contributed by atoms with E-state index >= 15 is 0 Å². The van der Waals surface area contributed by atoms with Gasteiger partial charge in [0.2, 0.25) is 0 Å². The van der Waals surface area contributed by atoms with E-state index in [4.69, 9.17) is 0 Å². The van der Waals surface area contributed by atoms with Crippen molar-refractivity contribution < 1.29 is 0 Å². The molecule has 0 aliphatic rings. The van der Waals surface area contributed by atoms with E-state index in [1.54, 1.807) is 0 Å². The zero-order chi connectivity index (χ0) is 11.3. The van der Waals surface area contributed by atoms with Crippen molar-refractivity contribution >= 4 is 0 Å². The molecule has 0 aromatic carbocycles. The van der Waals surface area contributed by atoms with Gasteiger partial charge in [-0.1, -0.05) is 13.0 Å². The fraction of sp³-hybridized carbons (Fsp3) is 0.583. The zero-order valence-corrected chi connectivity index (χ0v) is 9.90. The van der Waals surface area contributed by atoms with Gasteiger partial charge in [-0.05, 0) is 19.3 Å². The number of allylic oxidation sites excluding steroid dienone is 1. The molecule has 0 amide bonds. The third kappa shape index (κ3) is 3.88. The average Bonchev–Trinajstić information content (AvgIpc) is 2.61. The molecular weight excluding hydrogens is 186 g/mol. The molecule has 1 aromatic rings. The summed E-state index contributed by atoms with van der Waals surface area (Å²) in [6.45, 7) is 9.10. The number of hydrogen-bond donors (Lipinski definition) is 1. The topological polar surface area (TPSA) is 29.9 Å². The molecule has 3 nitrogen and oxygen atoms in total. The molecule has 0 saturated heterocycles. The summed E-state index contributed by atoms with van der Waals surface area (Å²) in [6.07, 6.45) is 6.98. The highest BCUT2D eigenvalue weighted by atomic mass is 15.2. The van der Waals surface area contributed by atoms with Crippen molar-refractivity contribution in [1.82, 2.24) is 15.1 Å². The molecule has 1 heterocycles. The van der Waals surface area contributed by atoms with Gasteiger partial charge in [0.05, 0.1) is 6.20 Å². The fourth-order valence-corrected chi connectivity index (χ4v) is 1.51. The van der Waals surface area contributed by atoms with E-state index in [0.717, 1.165) is 13.0 Å². The van der Waals surface area contributed by atoms with Crippen LogP contribution in [0.5, 0.6) is 0 Å². The summed E-state index contributed by atoms with van der Waals surface area (Å²) < 4.78 is 1.83. The monoisotopic (exact) mass is 207 g/mol. The van der Waals surface area contributed by atoms with E-state index in [1.807, 2.05) is 30.2 Å². The van der Waals surface area contributed by atoms with Gasteiger partial charge in [-0.3, -0.25) is 4.68 Å². The van der Waals surface area contributed by atoms with E-state index in [2.05, 4.69) is 30.8 Å². The molecule has 0 fully saturated rings. The Balaban J connectivity index is 2.33. The molecular formula is C12H21N3. The van der Waals surface area contributed by atoms with Gasteiger partial charge in [-0.25, -0.2) is 0 Å². The normalized spacial score (nSPS) is 14.9. The Hall–Kier alpha value is -1.09. The summed E-state index contributed by atoms with van der Waals surface area (Å²) in [5.41, 5.74) is 1.23. The molecule has 0 radical (unpaired) electrons. The molecule has 15 heavy (non-hydrogen) atoms. The lowest BCUT2D eigenvalue weighted by atomic mass is 10.00. The van der Waals surface area contributed by atoms with Crippen molar-refractivity contribution in [2.45, 2.75) is 32.9 Å². The Bertz CT molecular complexity index is 304. The van der Waals surface area contributed by atoms with Crippen molar-refractivity contribution in [3.8, 4) is 0 Å². The summed E-state index contributed by atoms with van der Waals surface area (Å²) in [6, 6.07) is 0.503. The summed E-state index contributed by atoms with van der Waals surface area (Å²) in [5.74, 6) is 0.624. The Labute approximate surface area is 92.2 Å². The molecule has 0 bridgehead atoms. The molecule has 1 rings (SSSR count). The van der Waals surface area contributed by atoms with Gasteiger partial charge >= 0.3 is 0 Å². The highest BCUT2D eigenvalue weighted by Crippen LogP contribution is 2.08. The fourth-order valence-electron chi connectivity index (χ4n) is 1.51. The molecule has 1 N–H and O–H groups in total. The summed E-state index contributed by atoms with van der Waals surface area (Å²) >= 11 is 0. The van der Waals surface area contributed by atoms with Crippen LogP contribution in [0.15, 0.2) is 25.0 Å². The van der Waals surface area contributed by atoms with Crippen molar-refractivity contribution in [2.75, 3.05) is 0 Å². The SMILES string of the molecule is C=CCC(C)C(C)NCc1cnn(C)c1. The molecule has 0 saturated carbocycles. The van der Waals surface area contributed by atoms with Crippen molar-refractivity contribution in [3.05, 3.63) is 30.6 Å². The quantitative estimate of drug-likeness (QED) is 0.724. The van der Waals surface area contributed by atoms with Crippen LogP contribution < -0.4 is 5.32 Å². The van der Waals surface area contributed by atoms with Crippen LogP contribution in [0, 0.1) is 5.92 Å². The summed E-state index contributed by atoms with van der Waals surface area (Å²) in [7, 11) is 1.94. The lowest BCUT2D eigenvalue weighted by molar-refractivity contribution is 0.402. The lowest BCUT2D eigenvalue weighted by Crippen LogP contribution is -2.31. The van der Waals surface area contributed by atoms with Gasteiger partial charge in [0.1, 0.15) is 0 Å². The van der Waals surface area contributed by atoms with Crippen LogP contribution in [-0.4, -0.2) is 15.8 Å². The van der Waals surface area contributed by atoms with E-state index in [0.29, 0.717) is 12.0 Å². The first kappa shape index (κ1) is 12.0. The standard InChI is InChI=1S/C12H21N3/c1-5-6-10(2)11(3)13-7-12-8-14-15(4)9-12/h5,8-11,13H,1,6-7H2,2-4H3. The molecule has 0 aliphatic carbocycles. The van der Waals surface area contributed by atoms with Crippen LogP contribution >= 0.6 is 0 Å². The van der Waals surface area contributed by atoms with Gasteiger partial charge in [0, 0.05) is 31.4 Å². The predicted molar refractivity (Wildman–Crippen MR) is 63.5 cm³/mol. The van der Waals surface area contributed by atoms with Crippen LogP contribution in [0.3, 0.4) is 0 Å². The molecule has 2 atom stereocenters. The van der Waals surface area contributed by atoms with Gasteiger partial charge in [0.15, 0.2) is 0 Å². The second-order valence-corrected chi connectivity index (χ2v) is 4.19. The van der Waals surface area contributed by atoms with Gasteiger partial charge in [-0.15, -0.1) is 6.58 Å². The number of nitrogens with zero attached hydrogens (tertiary/aromatic N) is 2. The average molecular weight is 207 g/mol. The molecule has 1 aromatic heterocycles. The second-order valence-electron chi connectivity index (χ2n) is 4.19. The van der Waals surface area contributed by atoms with Crippen molar-refractivity contribution in [1.29, 1.82) is 0 Å². The van der Waals surface area contributed by atoms with E-state index in [-0.39, 0.29) is 0 Å². The lowest BCUT2D eigenvalue weighted by Gasteiger charge is -2.19. The van der Waals surface area contributed by atoms with Gasteiger partial charge in [-0.2, -0.15) is 5.10 Å².